The van der Waals surface area contributed by atoms with Gasteiger partial charge in [-0.25, -0.2) is 0 Å². The molecule has 0 radical (unpaired) electrons. The molecular formula is C16H18O3. The maximum absolute atomic E-state index is 8.87. The Balaban J connectivity index is 2.12. The molecule has 0 saturated carbocycles. The lowest BCUT2D eigenvalue weighted by atomic mass is 10.1. The van der Waals surface area contributed by atoms with Gasteiger partial charge in [0, 0.05) is 6.61 Å². The van der Waals surface area contributed by atoms with Gasteiger partial charge in [-0.15, -0.1) is 0 Å². The summed E-state index contributed by atoms with van der Waals surface area (Å²) in [6.45, 7) is 2.15. The molecule has 2 aromatic carbocycles. The monoisotopic (exact) mass is 258 g/mol. The molecule has 0 spiro atoms. The number of aliphatic hydroxyl groups is 1. The van der Waals surface area contributed by atoms with Crippen molar-refractivity contribution in [3.8, 4) is 17.2 Å². The summed E-state index contributed by atoms with van der Waals surface area (Å²) in [5.74, 6) is 2.42. The van der Waals surface area contributed by atoms with E-state index in [-0.39, 0.29) is 6.61 Å². The molecular weight excluding hydrogens is 240 g/mol. The number of benzene rings is 2. The molecule has 0 amide bonds. The van der Waals surface area contributed by atoms with Crippen LogP contribution >= 0.6 is 0 Å². The Morgan fingerprint density at radius 1 is 1.00 bits per heavy atom. The Bertz CT molecular complexity index is 532. The third kappa shape index (κ3) is 3.48. The molecule has 0 aliphatic heterocycles. The van der Waals surface area contributed by atoms with Gasteiger partial charge in [-0.05, 0) is 54.8 Å². The molecule has 19 heavy (non-hydrogen) atoms. The number of methoxy groups -OCH3 is 1. The van der Waals surface area contributed by atoms with Crippen LogP contribution in [0.2, 0.25) is 0 Å². The SMILES string of the molecule is COc1ccc(Oc2ccc(CCO)cc2)c(C)c1. The van der Waals surface area contributed by atoms with Crippen LogP contribution in [0.15, 0.2) is 42.5 Å². The van der Waals surface area contributed by atoms with Crippen molar-refractivity contribution in [2.75, 3.05) is 13.7 Å². The molecule has 0 aliphatic rings. The average molecular weight is 258 g/mol. The van der Waals surface area contributed by atoms with Crippen molar-refractivity contribution in [2.45, 2.75) is 13.3 Å². The molecule has 0 saturated heterocycles. The first-order chi connectivity index (χ1) is 9.22. The first-order valence-corrected chi connectivity index (χ1v) is 6.25. The molecule has 0 unspecified atom stereocenters. The van der Waals surface area contributed by atoms with Crippen LogP contribution < -0.4 is 9.47 Å². The first kappa shape index (κ1) is 13.4. The third-order valence-electron chi connectivity index (χ3n) is 2.93. The van der Waals surface area contributed by atoms with Gasteiger partial charge in [-0.3, -0.25) is 0 Å². The van der Waals surface area contributed by atoms with E-state index in [4.69, 9.17) is 14.6 Å². The summed E-state index contributed by atoms with van der Waals surface area (Å²) in [6, 6.07) is 13.5. The zero-order chi connectivity index (χ0) is 13.7. The van der Waals surface area contributed by atoms with E-state index in [1.807, 2.05) is 49.4 Å². The van der Waals surface area contributed by atoms with Crippen LogP contribution in [0.25, 0.3) is 0 Å². The van der Waals surface area contributed by atoms with Gasteiger partial charge in [0.15, 0.2) is 0 Å². The lowest BCUT2D eigenvalue weighted by Gasteiger charge is -2.10. The van der Waals surface area contributed by atoms with Crippen LogP contribution in [0.1, 0.15) is 11.1 Å². The summed E-state index contributed by atoms with van der Waals surface area (Å²) in [4.78, 5) is 0. The Morgan fingerprint density at radius 2 is 1.68 bits per heavy atom. The predicted molar refractivity (Wildman–Crippen MR) is 75.0 cm³/mol. The van der Waals surface area contributed by atoms with Gasteiger partial charge in [0.1, 0.15) is 17.2 Å². The number of hydrogen-bond donors (Lipinski definition) is 1. The highest BCUT2D eigenvalue weighted by Crippen LogP contribution is 2.28. The number of aliphatic hydroxyl groups excluding tert-OH is 1. The lowest BCUT2D eigenvalue weighted by Crippen LogP contribution is -1.92. The van der Waals surface area contributed by atoms with Crippen molar-refractivity contribution in [1.29, 1.82) is 0 Å². The molecule has 1 N–H and O–H groups in total. The van der Waals surface area contributed by atoms with Crippen molar-refractivity contribution in [3.63, 3.8) is 0 Å². The molecule has 2 aromatic rings. The number of aryl methyl sites for hydroxylation is 1. The van der Waals surface area contributed by atoms with E-state index in [1.54, 1.807) is 7.11 Å². The van der Waals surface area contributed by atoms with Gasteiger partial charge >= 0.3 is 0 Å². The summed E-state index contributed by atoms with van der Waals surface area (Å²) in [5.41, 5.74) is 2.13. The quantitative estimate of drug-likeness (QED) is 0.894. The van der Waals surface area contributed by atoms with Crippen LogP contribution in [-0.4, -0.2) is 18.8 Å². The summed E-state index contributed by atoms with van der Waals surface area (Å²) in [6.07, 6.45) is 0.668. The smallest absolute Gasteiger partial charge is 0.130 e. The van der Waals surface area contributed by atoms with Crippen LogP contribution in [0, 0.1) is 6.92 Å². The molecule has 0 heterocycles. The molecule has 0 aromatic heterocycles. The molecule has 3 heteroatoms. The maximum Gasteiger partial charge on any atom is 0.130 e. The van der Waals surface area contributed by atoms with Crippen LogP contribution in [0.5, 0.6) is 17.2 Å². The fourth-order valence-electron chi connectivity index (χ4n) is 1.84. The largest absolute Gasteiger partial charge is 0.497 e. The van der Waals surface area contributed by atoms with Crippen molar-refractivity contribution in [2.24, 2.45) is 0 Å². The Kier molecular flexibility index (Phi) is 4.42. The van der Waals surface area contributed by atoms with Crippen molar-refractivity contribution in [3.05, 3.63) is 53.6 Å². The van der Waals surface area contributed by atoms with E-state index in [2.05, 4.69) is 0 Å². The molecule has 0 aliphatic carbocycles. The first-order valence-electron chi connectivity index (χ1n) is 6.25. The summed E-state index contributed by atoms with van der Waals surface area (Å²) < 4.78 is 11.0. The second-order valence-corrected chi connectivity index (χ2v) is 4.35. The summed E-state index contributed by atoms with van der Waals surface area (Å²) in [7, 11) is 1.65. The second-order valence-electron chi connectivity index (χ2n) is 4.35. The maximum atomic E-state index is 8.87. The summed E-state index contributed by atoms with van der Waals surface area (Å²) >= 11 is 0. The fourth-order valence-corrected chi connectivity index (χ4v) is 1.84. The van der Waals surface area contributed by atoms with Gasteiger partial charge in [0.05, 0.1) is 7.11 Å². The van der Waals surface area contributed by atoms with Gasteiger partial charge in [-0.2, -0.15) is 0 Å². The summed E-state index contributed by atoms with van der Waals surface area (Å²) in [5, 5.41) is 8.87. The van der Waals surface area contributed by atoms with Crippen LogP contribution in [-0.2, 0) is 6.42 Å². The zero-order valence-electron chi connectivity index (χ0n) is 11.2. The number of ether oxygens (including phenoxy) is 2. The molecule has 0 bridgehead atoms. The Labute approximate surface area is 113 Å². The van der Waals surface area contributed by atoms with Crippen molar-refractivity contribution < 1.29 is 14.6 Å². The fraction of sp³-hybridized carbons (Fsp3) is 0.250. The van der Waals surface area contributed by atoms with E-state index < -0.39 is 0 Å². The predicted octanol–water partition coefficient (Wildman–Crippen LogP) is 3.33. The molecule has 100 valence electrons. The third-order valence-corrected chi connectivity index (χ3v) is 2.93. The normalized spacial score (nSPS) is 10.3. The highest BCUT2D eigenvalue weighted by atomic mass is 16.5. The van der Waals surface area contributed by atoms with E-state index in [9.17, 15) is 0 Å². The van der Waals surface area contributed by atoms with Crippen molar-refractivity contribution in [1.82, 2.24) is 0 Å². The average Bonchev–Trinajstić information content (AvgIpc) is 2.43. The minimum absolute atomic E-state index is 0.164. The van der Waals surface area contributed by atoms with Crippen molar-refractivity contribution >= 4 is 0 Å². The highest BCUT2D eigenvalue weighted by molar-refractivity contribution is 5.42. The van der Waals surface area contributed by atoms with Crippen LogP contribution in [0.3, 0.4) is 0 Å². The molecule has 0 fully saturated rings. The minimum Gasteiger partial charge on any atom is -0.497 e. The lowest BCUT2D eigenvalue weighted by molar-refractivity contribution is 0.299. The Morgan fingerprint density at radius 3 is 2.26 bits per heavy atom. The standard InChI is InChI=1S/C16H18O3/c1-12-11-15(18-2)7-8-16(12)19-14-5-3-13(4-6-14)9-10-17/h3-8,11,17H,9-10H2,1-2H3. The van der Waals surface area contributed by atoms with E-state index >= 15 is 0 Å². The zero-order valence-corrected chi connectivity index (χ0v) is 11.2. The number of rotatable bonds is 5. The van der Waals surface area contributed by atoms with Gasteiger partial charge < -0.3 is 14.6 Å². The topological polar surface area (TPSA) is 38.7 Å². The van der Waals surface area contributed by atoms with E-state index in [1.165, 1.54) is 0 Å². The number of hydrogen-bond acceptors (Lipinski definition) is 3. The molecule has 3 nitrogen and oxygen atoms in total. The van der Waals surface area contributed by atoms with E-state index in [0.717, 1.165) is 28.4 Å². The van der Waals surface area contributed by atoms with Crippen LogP contribution in [0.4, 0.5) is 0 Å². The van der Waals surface area contributed by atoms with Gasteiger partial charge in [0.2, 0.25) is 0 Å². The minimum atomic E-state index is 0.164. The second kappa shape index (κ2) is 6.25. The molecule has 0 atom stereocenters. The Hall–Kier alpha value is -2.00. The van der Waals surface area contributed by atoms with Gasteiger partial charge in [0.25, 0.3) is 0 Å². The highest BCUT2D eigenvalue weighted by Gasteiger charge is 2.03. The molecule has 2 rings (SSSR count). The van der Waals surface area contributed by atoms with Gasteiger partial charge in [-0.1, -0.05) is 12.1 Å². The van der Waals surface area contributed by atoms with E-state index in [0.29, 0.717) is 6.42 Å².